The van der Waals surface area contributed by atoms with Crippen molar-refractivity contribution in [2.24, 2.45) is 5.73 Å². The van der Waals surface area contributed by atoms with Crippen molar-refractivity contribution in [3.63, 3.8) is 0 Å². The minimum atomic E-state index is -0.507. The van der Waals surface area contributed by atoms with E-state index in [0.717, 1.165) is 25.7 Å². The highest BCUT2D eigenvalue weighted by molar-refractivity contribution is 5.81. The molecule has 19 heavy (non-hydrogen) atoms. The standard InChI is InChI=1S/C14H27N3O2/c1-9(2)17(11(4)18)13-8-6-5-7-12(13)16-14(19)10(3)15/h9-10,12-13H,5-8,15H2,1-4H3,(H,16,19)/t10-,12+,13+/m0/s1. The van der Waals surface area contributed by atoms with Crippen LogP contribution in [0.15, 0.2) is 0 Å². The lowest BCUT2D eigenvalue weighted by atomic mass is 9.88. The zero-order chi connectivity index (χ0) is 14.6. The second-order valence-corrected chi connectivity index (χ2v) is 5.78. The fraction of sp³-hybridized carbons (Fsp3) is 0.857. The van der Waals surface area contributed by atoms with Gasteiger partial charge in [0, 0.05) is 19.0 Å². The third kappa shape index (κ3) is 4.20. The molecule has 0 bridgehead atoms. The van der Waals surface area contributed by atoms with Crippen molar-refractivity contribution >= 4 is 11.8 Å². The Hall–Kier alpha value is -1.10. The Balaban J connectivity index is 2.81. The smallest absolute Gasteiger partial charge is 0.236 e. The van der Waals surface area contributed by atoms with E-state index in [9.17, 15) is 9.59 Å². The fourth-order valence-corrected chi connectivity index (χ4v) is 2.91. The average Bonchev–Trinajstić information content (AvgIpc) is 2.30. The number of nitrogens with one attached hydrogen (secondary N) is 1. The van der Waals surface area contributed by atoms with Crippen LogP contribution in [0.25, 0.3) is 0 Å². The van der Waals surface area contributed by atoms with Crippen LogP contribution in [0, 0.1) is 0 Å². The van der Waals surface area contributed by atoms with Crippen LogP contribution in [-0.2, 0) is 9.59 Å². The van der Waals surface area contributed by atoms with Crippen molar-refractivity contribution in [1.29, 1.82) is 0 Å². The normalized spacial score (nSPS) is 24.9. The minimum Gasteiger partial charge on any atom is -0.350 e. The first-order chi connectivity index (χ1) is 8.84. The predicted molar refractivity (Wildman–Crippen MR) is 75.5 cm³/mol. The molecule has 0 aliphatic heterocycles. The van der Waals surface area contributed by atoms with Gasteiger partial charge in [-0.1, -0.05) is 12.8 Å². The van der Waals surface area contributed by atoms with Crippen molar-refractivity contribution in [1.82, 2.24) is 10.2 Å². The maximum Gasteiger partial charge on any atom is 0.236 e. The second kappa shape index (κ2) is 6.89. The summed E-state index contributed by atoms with van der Waals surface area (Å²) in [5.74, 6) is -0.0638. The quantitative estimate of drug-likeness (QED) is 0.800. The van der Waals surface area contributed by atoms with E-state index in [1.807, 2.05) is 18.7 Å². The Kier molecular flexibility index (Phi) is 5.79. The van der Waals surface area contributed by atoms with E-state index in [2.05, 4.69) is 5.32 Å². The van der Waals surface area contributed by atoms with Gasteiger partial charge in [0.05, 0.1) is 12.1 Å². The van der Waals surface area contributed by atoms with Crippen molar-refractivity contribution in [3.05, 3.63) is 0 Å². The van der Waals surface area contributed by atoms with Gasteiger partial charge in [0.2, 0.25) is 11.8 Å². The Morgan fingerprint density at radius 2 is 1.79 bits per heavy atom. The summed E-state index contributed by atoms with van der Waals surface area (Å²) in [6.45, 7) is 7.30. The molecule has 0 saturated heterocycles. The molecule has 0 aromatic rings. The predicted octanol–water partition coefficient (Wildman–Crippen LogP) is 1.02. The Bertz CT molecular complexity index is 329. The van der Waals surface area contributed by atoms with Crippen LogP contribution in [-0.4, -0.2) is 40.9 Å². The number of rotatable bonds is 4. The van der Waals surface area contributed by atoms with Crippen molar-refractivity contribution in [3.8, 4) is 0 Å². The molecule has 0 aromatic carbocycles. The molecular weight excluding hydrogens is 242 g/mol. The van der Waals surface area contributed by atoms with Crippen molar-refractivity contribution < 1.29 is 9.59 Å². The van der Waals surface area contributed by atoms with Crippen LogP contribution in [0.2, 0.25) is 0 Å². The number of carbonyl (C=O) groups is 2. The van der Waals surface area contributed by atoms with Gasteiger partial charge in [-0.3, -0.25) is 9.59 Å². The number of nitrogens with zero attached hydrogens (tertiary/aromatic N) is 1. The summed E-state index contributed by atoms with van der Waals surface area (Å²) in [5, 5.41) is 3.00. The number of amides is 2. The van der Waals surface area contributed by atoms with Gasteiger partial charge in [-0.2, -0.15) is 0 Å². The van der Waals surface area contributed by atoms with Crippen LogP contribution in [0.3, 0.4) is 0 Å². The molecule has 2 amide bonds. The maximum atomic E-state index is 11.8. The van der Waals surface area contributed by atoms with E-state index in [1.54, 1.807) is 13.8 Å². The largest absolute Gasteiger partial charge is 0.350 e. The summed E-state index contributed by atoms with van der Waals surface area (Å²) >= 11 is 0. The molecule has 0 unspecified atom stereocenters. The molecule has 1 fully saturated rings. The summed E-state index contributed by atoms with van der Waals surface area (Å²) in [6.07, 6.45) is 4.05. The molecule has 5 nitrogen and oxygen atoms in total. The highest BCUT2D eigenvalue weighted by Crippen LogP contribution is 2.25. The van der Waals surface area contributed by atoms with Crippen LogP contribution in [0.4, 0.5) is 0 Å². The Morgan fingerprint density at radius 1 is 1.21 bits per heavy atom. The van der Waals surface area contributed by atoms with Gasteiger partial charge in [0.1, 0.15) is 0 Å². The first-order valence-corrected chi connectivity index (χ1v) is 7.19. The van der Waals surface area contributed by atoms with Gasteiger partial charge in [-0.15, -0.1) is 0 Å². The first-order valence-electron chi connectivity index (χ1n) is 7.19. The van der Waals surface area contributed by atoms with E-state index in [1.165, 1.54) is 0 Å². The highest BCUT2D eigenvalue weighted by Gasteiger charge is 2.34. The van der Waals surface area contributed by atoms with Gasteiger partial charge in [0.25, 0.3) is 0 Å². The third-order valence-electron chi connectivity index (χ3n) is 3.75. The molecule has 3 atom stereocenters. The van der Waals surface area contributed by atoms with Crippen molar-refractivity contribution in [2.45, 2.75) is 77.5 Å². The van der Waals surface area contributed by atoms with Crippen LogP contribution in [0.1, 0.15) is 53.4 Å². The van der Waals surface area contributed by atoms with E-state index in [-0.39, 0.29) is 29.9 Å². The van der Waals surface area contributed by atoms with Crippen LogP contribution in [0.5, 0.6) is 0 Å². The zero-order valence-corrected chi connectivity index (χ0v) is 12.5. The molecule has 110 valence electrons. The highest BCUT2D eigenvalue weighted by atomic mass is 16.2. The summed E-state index contributed by atoms with van der Waals surface area (Å²) in [7, 11) is 0. The van der Waals surface area contributed by atoms with E-state index in [0.29, 0.717) is 0 Å². The van der Waals surface area contributed by atoms with Gasteiger partial charge >= 0.3 is 0 Å². The Morgan fingerprint density at radius 3 is 2.26 bits per heavy atom. The zero-order valence-electron chi connectivity index (χ0n) is 12.5. The number of hydrogen-bond donors (Lipinski definition) is 2. The molecule has 1 saturated carbocycles. The van der Waals surface area contributed by atoms with E-state index in [4.69, 9.17) is 5.73 Å². The van der Waals surface area contributed by atoms with Crippen LogP contribution < -0.4 is 11.1 Å². The van der Waals surface area contributed by atoms with Gasteiger partial charge in [-0.05, 0) is 33.6 Å². The fourth-order valence-electron chi connectivity index (χ4n) is 2.91. The first kappa shape index (κ1) is 16.0. The minimum absolute atomic E-state index is 0.0264. The summed E-state index contributed by atoms with van der Waals surface area (Å²) in [4.78, 5) is 25.5. The molecule has 0 heterocycles. The number of carbonyl (C=O) groups excluding carboxylic acids is 2. The summed E-state index contributed by atoms with van der Waals surface area (Å²) in [6, 6.07) is -0.241. The molecule has 1 rings (SSSR count). The summed E-state index contributed by atoms with van der Waals surface area (Å²) < 4.78 is 0. The van der Waals surface area contributed by atoms with Gasteiger partial charge in [-0.25, -0.2) is 0 Å². The molecule has 0 spiro atoms. The summed E-state index contributed by atoms with van der Waals surface area (Å²) in [5.41, 5.74) is 5.60. The van der Waals surface area contributed by atoms with Crippen LogP contribution >= 0.6 is 0 Å². The topological polar surface area (TPSA) is 75.4 Å². The second-order valence-electron chi connectivity index (χ2n) is 5.78. The third-order valence-corrected chi connectivity index (χ3v) is 3.75. The molecule has 1 aliphatic carbocycles. The van der Waals surface area contributed by atoms with Gasteiger partial charge in [0.15, 0.2) is 0 Å². The maximum absolute atomic E-state index is 11.8. The molecular formula is C14H27N3O2. The van der Waals surface area contributed by atoms with Crippen molar-refractivity contribution in [2.75, 3.05) is 0 Å². The molecule has 5 heteroatoms. The lowest BCUT2D eigenvalue weighted by Gasteiger charge is -2.42. The average molecular weight is 269 g/mol. The molecule has 0 radical (unpaired) electrons. The Labute approximate surface area is 115 Å². The number of hydrogen-bond acceptors (Lipinski definition) is 3. The molecule has 0 aromatic heterocycles. The van der Waals surface area contributed by atoms with Gasteiger partial charge < -0.3 is 16.0 Å². The lowest BCUT2D eigenvalue weighted by molar-refractivity contribution is -0.136. The van der Waals surface area contributed by atoms with E-state index >= 15 is 0 Å². The monoisotopic (exact) mass is 269 g/mol. The lowest BCUT2D eigenvalue weighted by Crippen LogP contribution is -2.58. The molecule has 1 aliphatic rings. The SMILES string of the molecule is CC(=O)N(C(C)C)[C@@H]1CCCC[C@H]1NC(=O)[C@H](C)N. The van der Waals surface area contributed by atoms with E-state index < -0.39 is 6.04 Å². The number of nitrogens with two attached hydrogens (primary N) is 1. The molecule has 3 N–H and O–H groups in total.